The van der Waals surface area contributed by atoms with Crippen LogP contribution in [-0.2, 0) is 4.79 Å². The zero-order valence-corrected chi connectivity index (χ0v) is 20.5. The van der Waals surface area contributed by atoms with E-state index in [0.717, 1.165) is 29.5 Å². The Hall–Kier alpha value is -2.93. The lowest BCUT2D eigenvalue weighted by molar-refractivity contribution is -0.131. The van der Waals surface area contributed by atoms with Crippen LogP contribution in [0.25, 0.3) is 11.1 Å². The van der Waals surface area contributed by atoms with Gasteiger partial charge in [0.2, 0.25) is 11.8 Å². The number of aryl methyl sites for hydroxylation is 1. The van der Waals surface area contributed by atoms with E-state index in [2.05, 4.69) is 4.98 Å². The lowest BCUT2D eigenvalue weighted by Gasteiger charge is -2.37. The molecular weight excluding hydrogens is 430 g/mol. The Morgan fingerprint density at radius 2 is 2.03 bits per heavy atom. The number of aliphatic hydroxyl groups is 1. The molecule has 1 aliphatic heterocycles. The maximum Gasteiger partial charge on any atom is 0.259 e. The molecule has 34 heavy (non-hydrogen) atoms. The van der Waals surface area contributed by atoms with Crippen molar-refractivity contribution in [2.24, 2.45) is 11.8 Å². The molecule has 0 saturated heterocycles. The summed E-state index contributed by atoms with van der Waals surface area (Å²) in [6.07, 6.45) is 4.25. The van der Waals surface area contributed by atoms with E-state index in [4.69, 9.17) is 4.74 Å². The minimum absolute atomic E-state index is 0.0554. The van der Waals surface area contributed by atoms with Gasteiger partial charge in [-0.15, -0.1) is 0 Å². The van der Waals surface area contributed by atoms with Crippen LogP contribution < -0.4 is 4.74 Å². The van der Waals surface area contributed by atoms with E-state index in [0.29, 0.717) is 31.0 Å². The molecule has 1 aromatic carbocycles. The second kappa shape index (κ2) is 10.1. The molecule has 2 aliphatic rings. The van der Waals surface area contributed by atoms with Crippen LogP contribution in [0.4, 0.5) is 0 Å². The highest BCUT2D eigenvalue weighted by Crippen LogP contribution is 2.34. The summed E-state index contributed by atoms with van der Waals surface area (Å²) in [7, 11) is 1.81. The second-order valence-corrected chi connectivity index (χ2v) is 9.94. The minimum Gasteiger partial charge on any atom is -0.472 e. The fourth-order valence-electron chi connectivity index (χ4n) is 4.46. The number of nitrogens with zero attached hydrogens (tertiary/aromatic N) is 3. The first-order chi connectivity index (χ1) is 16.3. The maximum absolute atomic E-state index is 13.6. The summed E-state index contributed by atoms with van der Waals surface area (Å²) in [5.41, 5.74) is 3.31. The van der Waals surface area contributed by atoms with Crippen LogP contribution in [0.15, 0.2) is 36.5 Å². The van der Waals surface area contributed by atoms with Crippen LogP contribution in [0.5, 0.6) is 5.88 Å². The van der Waals surface area contributed by atoms with Gasteiger partial charge in [-0.1, -0.05) is 31.2 Å². The van der Waals surface area contributed by atoms with Crippen LogP contribution in [0, 0.1) is 18.8 Å². The first-order valence-electron chi connectivity index (χ1n) is 12.2. The summed E-state index contributed by atoms with van der Waals surface area (Å²) in [6.45, 7) is 6.58. The highest BCUT2D eigenvalue weighted by atomic mass is 16.5. The highest BCUT2D eigenvalue weighted by molar-refractivity contribution is 5.98. The lowest BCUT2D eigenvalue weighted by Crippen LogP contribution is -2.50. The van der Waals surface area contributed by atoms with E-state index in [1.54, 1.807) is 16.0 Å². The van der Waals surface area contributed by atoms with Gasteiger partial charge in [-0.3, -0.25) is 9.59 Å². The number of hydrogen-bond donors (Lipinski definition) is 1. The van der Waals surface area contributed by atoms with E-state index in [9.17, 15) is 14.7 Å². The number of fused-ring (bicyclic) bond motifs is 1. The Morgan fingerprint density at radius 1 is 1.29 bits per heavy atom. The molecule has 0 bridgehead atoms. The van der Waals surface area contributed by atoms with Gasteiger partial charge >= 0.3 is 0 Å². The van der Waals surface area contributed by atoms with Gasteiger partial charge in [-0.2, -0.15) is 0 Å². The van der Waals surface area contributed by atoms with E-state index >= 15 is 0 Å². The van der Waals surface area contributed by atoms with Crippen molar-refractivity contribution < 1.29 is 19.4 Å². The van der Waals surface area contributed by atoms with Crippen molar-refractivity contribution >= 4 is 11.8 Å². The molecule has 2 aromatic rings. The number of ether oxygens (including phenoxy) is 1. The minimum atomic E-state index is -0.349. The molecule has 1 aliphatic carbocycles. The van der Waals surface area contributed by atoms with Gasteiger partial charge in [0, 0.05) is 37.7 Å². The molecule has 182 valence electrons. The van der Waals surface area contributed by atoms with Crippen LogP contribution in [0.3, 0.4) is 0 Å². The fourth-order valence-corrected chi connectivity index (χ4v) is 4.46. The molecule has 7 nitrogen and oxygen atoms in total. The van der Waals surface area contributed by atoms with E-state index < -0.39 is 0 Å². The molecule has 2 amide bonds. The van der Waals surface area contributed by atoms with Crippen molar-refractivity contribution in [1.82, 2.24) is 14.8 Å². The van der Waals surface area contributed by atoms with Crippen molar-refractivity contribution in [1.29, 1.82) is 0 Å². The molecule has 1 N–H and O–H groups in total. The number of carbonyl (C=O) groups excluding carboxylic acids is 2. The normalized spacial score (nSPS) is 21.2. The van der Waals surface area contributed by atoms with Gasteiger partial charge in [0.15, 0.2) is 0 Å². The van der Waals surface area contributed by atoms with Crippen molar-refractivity contribution in [3.63, 3.8) is 0 Å². The highest BCUT2D eigenvalue weighted by Gasteiger charge is 2.35. The van der Waals surface area contributed by atoms with Crippen LogP contribution >= 0.6 is 0 Å². The number of aromatic nitrogens is 1. The summed E-state index contributed by atoms with van der Waals surface area (Å²) >= 11 is 0. The third-order valence-electron chi connectivity index (χ3n) is 7.02. The molecule has 0 spiro atoms. The molecular formula is C27H35N3O4. The van der Waals surface area contributed by atoms with Gasteiger partial charge < -0.3 is 19.6 Å². The van der Waals surface area contributed by atoms with Crippen molar-refractivity contribution in [3.05, 3.63) is 47.7 Å². The average Bonchev–Trinajstić information content (AvgIpc) is 3.64. The summed E-state index contributed by atoms with van der Waals surface area (Å²) in [6, 6.07) is 9.45. The molecule has 3 atom stereocenters. The predicted molar refractivity (Wildman–Crippen MR) is 131 cm³/mol. The molecule has 7 heteroatoms. The zero-order chi connectivity index (χ0) is 24.4. The number of rotatable bonds is 7. The second-order valence-electron chi connectivity index (χ2n) is 9.94. The summed E-state index contributed by atoms with van der Waals surface area (Å²) in [4.78, 5) is 34.2. The molecule has 4 rings (SSSR count). The first-order valence-corrected chi connectivity index (χ1v) is 12.2. The predicted octanol–water partition coefficient (Wildman–Crippen LogP) is 3.54. The summed E-state index contributed by atoms with van der Waals surface area (Å²) in [5, 5.41) is 9.85. The number of likely N-dealkylation sites (N-methyl/N-ethyl adjacent to an activating group) is 1. The van der Waals surface area contributed by atoms with Crippen molar-refractivity contribution in [3.8, 4) is 17.0 Å². The van der Waals surface area contributed by atoms with E-state index in [1.807, 2.05) is 58.2 Å². The first kappa shape index (κ1) is 24.2. The monoisotopic (exact) mass is 465 g/mol. The number of benzene rings is 1. The number of hydrogen-bond acceptors (Lipinski definition) is 5. The quantitative estimate of drug-likeness (QED) is 0.676. The number of aliphatic hydroxyl groups excluding tert-OH is 1. The van der Waals surface area contributed by atoms with E-state index in [-0.39, 0.29) is 42.4 Å². The van der Waals surface area contributed by atoms with E-state index in [1.165, 1.54) is 0 Å². The van der Waals surface area contributed by atoms with Gasteiger partial charge in [0.05, 0.1) is 19.2 Å². The van der Waals surface area contributed by atoms with Crippen molar-refractivity contribution in [2.75, 3.05) is 26.7 Å². The lowest BCUT2D eigenvalue weighted by atomic mass is 9.98. The largest absolute Gasteiger partial charge is 0.472 e. The molecule has 1 aromatic heterocycles. The van der Waals surface area contributed by atoms with Crippen LogP contribution in [0.1, 0.15) is 49.0 Å². The van der Waals surface area contributed by atoms with Gasteiger partial charge in [-0.25, -0.2) is 4.98 Å². The standard InChI is InChI=1S/C27H35N3O4/c1-17-7-5-6-8-22(17)21-12-23-26(28-13-21)34-24(15-29(4)25(32)11-20-9-10-20)18(2)14-30(27(23)33)19(3)16-31/h5-8,12-13,18-20,24,31H,9-11,14-16H2,1-4H3/t18-,19+,24-/m1/s1. The zero-order valence-electron chi connectivity index (χ0n) is 20.5. The van der Waals surface area contributed by atoms with Crippen molar-refractivity contribution in [2.45, 2.75) is 52.2 Å². The maximum atomic E-state index is 13.6. The molecule has 0 unspecified atom stereocenters. The average molecular weight is 466 g/mol. The Labute approximate surface area is 201 Å². The fraction of sp³-hybridized carbons (Fsp3) is 0.519. The third kappa shape index (κ3) is 5.25. The van der Waals surface area contributed by atoms with Gasteiger partial charge in [-0.05, 0) is 49.8 Å². The number of pyridine rings is 1. The van der Waals surface area contributed by atoms with Crippen LogP contribution in [-0.4, -0.2) is 70.6 Å². The number of amides is 2. The molecule has 0 radical (unpaired) electrons. The smallest absolute Gasteiger partial charge is 0.259 e. The Kier molecular flexibility index (Phi) is 7.22. The van der Waals surface area contributed by atoms with Gasteiger partial charge in [0.25, 0.3) is 5.91 Å². The topological polar surface area (TPSA) is 83.0 Å². The summed E-state index contributed by atoms with van der Waals surface area (Å²) < 4.78 is 6.33. The number of carbonyl (C=O) groups is 2. The Morgan fingerprint density at radius 3 is 2.71 bits per heavy atom. The molecule has 1 saturated carbocycles. The Balaban J connectivity index is 1.67. The van der Waals surface area contributed by atoms with Crippen LogP contribution in [0.2, 0.25) is 0 Å². The molecule has 2 heterocycles. The summed E-state index contributed by atoms with van der Waals surface area (Å²) in [5.74, 6) is 0.659. The molecule has 1 fully saturated rings. The SMILES string of the molecule is Cc1ccccc1-c1cnc2c(c1)C(=O)N([C@@H](C)CO)C[C@@H](C)[C@@H](CN(C)C(=O)CC1CC1)O2. The Bertz CT molecular complexity index is 1050. The third-order valence-corrected chi connectivity index (χ3v) is 7.02. The van der Waals surface area contributed by atoms with Gasteiger partial charge in [0.1, 0.15) is 11.7 Å².